The summed E-state index contributed by atoms with van der Waals surface area (Å²) in [6.45, 7) is 0. The van der Waals surface area contributed by atoms with Crippen LogP contribution in [0.2, 0.25) is 5.02 Å². The van der Waals surface area contributed by atoms with Crippen molar-refractivity contribution in [2.24, 2.45) is 0 Å². The molecule has 0 aliphatic carbocycles. The third-order valence-corrected chi connectivity index (χ3v) is 4.25. The maximum absolute atomic E-state index is 13.0. The molecule has 0 bridgehead atoms. The molecule has 4 rings (SSSR count). The molecule has 0 radical (unpaired) electrons. The van der Waals surface area contributed by atoms with Crippen molar-refractivity contribution in [3.8, 4) is 5.69 Å². The van der Waals surface area contributed by atoms with E-state index < -0.39 is 16.8 Å². The lowest BCUT2D eigenvalue weighted by Crippen LogP contribution is -2.13. The van der Waals surface area contributed by atoms with Crippen molar-refractivity contribution in [2.75, 3.05) is 0 Å². The second-order valence-corrected chi connectivity index (χ2v) is 5.89. The molecule has 2 aromatic heterocycles. The van der Waals surface area contributed by atoms with E-state index in [1.165, 1.54) is 16.9 Å². The quantitative estimate of drug-likeness (QED) is 0.540. The van der Waals surface area contributed by atoms with Gasteiger partial charge in [0.2, 0.25) is 0 Å². The van der Waals surface area contributed by atoms with Gasteiger partial charge in [-0.3, -0.25) is 14.9 Å². The predicted molar refractivity (Wildman–Crippen MR) is 89.2 cm³/mol. The van der Waals surface area contributed by atoms with Crippen molar-refractivity contribution in [1.29, 1.82) is 0 Å². The Morgan fingerprint density at radius 2 is 1.80 bits per heavy atom. The fourth-order valence-corrected chi connectivity index (χ4v) is 3.03. The molecule has 0 fully saturated rings. The Bertz CT molecular complexity index is 1160. The number of hydrogen-bond acceptors (Lipinski definition) is 2. The number of nitrogens with one attached hydrogen (secondary N) is 1. The highest BCUT2D eigenvalue weighted by atomic mass is 35.5. The van der Waals surface area contributed by atoms with Gasteiger partial charge in [-0.25, -0.2) is 4.68 Å². The minimum atomic E-state index is -4.58. The Morgan fingerprint density at radius 3 is 2.48 bits per heavy atom. The van der Waals surface area contributed by atoms with E-state index in [1.807, 2.05) is 6.07 Å². The van der Waals surface area contributed by atoms with Gasteiger partial charge in [0.05, 0.1) is 32.7 Å². The van der Waals surface area contributed by atoms with Gasteiger partial charge in [0.15, 0.2) is 0 Å². The lowest BCUT2D eigenvalue weighted by atomic mass is 10.1. The van der Waals surface area contributed by atoms with Crippen LogP contribution in [-0.2, 0) is 6.18 Å². The van der Waals surface area contributed by atoms with E-state index in [1.54, 1.807) is 24.3 Å². The van der Waals surface area contributed by atoms with Gasteiger partial charge in [-0.05, 0) is 24.3 Å². The summed E-state index contributed by atoms with van der Waals surface area (Å²) in [5.74, 6) is 0. The van der Waals surface area contributed by atoms with E-state index in [2.05, 4.69) is 10.1 Å². The molecular formula is C17H9ClF3N3O. The van der Waals surface area contributed by atoms with Gasteiger partial charge < -0.3 is 0 Å². The Kier molecular flexibility index (Phi) is 3.36. The number of H-pyrrole nitrogens is 1. The predicted octanol–water partition coefficient (Wildman–Crippen LogP) is 4.54. The molecular weight excluding hydrogens is 355 g/mol. The second-order valence-electron chi connectivity index (χ2n) is 5.48. The first-order chi connectivity index (χ1) is 11.9. The van der Waals surface area contributed by atoms with E-state index in [-0.39, 0.29) is 16.5 Å². The SMILES string of the molecule is O=c1c2cnc3cc(C(F)(F)F)c(Cl)cc3c2[nH]n1-c1ccccc1. The highest BCUT2D eigenvalue weighted by molar-refractivity contribution is 6.32. The smallest absolute Gasteiger partial charge is 0.290 e. The largest absolute Gasteiger partial charge is 0.417 e. The van der Waals surface area contributed by atoms with Crippen LogP contribution in [-0.4, -0.2) is 14.8 Å². The second kappa shape index (κ2) is 5.35. The summed E-state index contributed by atoms with van der Waals surface area (Å²) in [6, 6.07) is 10.9. The van der Waals surface area contributed by atoms with Crippen molar-refractivity contribution < 1.29 is 13.2 Å². The van der Waals surface area contributed by atoms with Crippen molar-refractivity contribution in [3.05, 3.63) is 69.6 Å². The van der Waals surface area contributed by atoms with Crippen LogP contribution < -0.4 is 5.56 Å². The number of rotatable bonds is 1. The third kappa shape index (κ3) is 2.47. The first-order valence-electron chi connectivity index (χ1n) is 7.22. The van der Waals surface area contributed by atoms with Gasteiger partial charge >= 0.3 is 6.18 Å². The van der Waals surface area contributed by atoms with E-state index >= 15 is 0 Å². The average molecular weight is 364 g/mol. The van der Waals surface area contributed by atoms with Gasteiger partial charge in [0, 0.05) is 11.6 Å². The zero-order valence-electron chi connectivity index (χ0n) is 12.4. The number of pyridine rings is 1. The summed E-state index contributed by atoms with van der Waals surface area (Å²) in [6.07, 6.45) is -3.31. The first kappa shape index (κ1) is 15.7. The monoisotopic (exact) mass is 363 g/mol. The standard InChI is InChI=1S/C17H9ClF3N3O/c18-13-6-10-14(7-12(13)17(19,20)21)22-8-11-15(10)23-24(16(11)25)9-4-2-1-3-5-9/h1-8,23H. The number of aromatic amines is 1. The molecule has 0 atom stereocenters. The van der Waals surface area contributed by atoms with Crippen LogP contribution in [0.3, 0.4) is 0 Å². The summed E-state index contributed by atoms with van der Waals surface area (Å²) < 4.78 is 40.3. The number of alkyl halides is 3. The summed E-state index contributed by atoms with van der Waals surface area (Å²) in [7, 11) is 0. The van der Waals surface area contributed by atoms with Crippen molar-refractivity contribution in [1.82, 2.24) is 14.8 Å². The van der Waals surface area contributed by atoms with Gasteiger partial charge in [0.25, 0.3) is 5.56 Å². The molecule has 0 saturated carbocycles. The molecule has 0 unspecified atom stereocenters. The number of nitrogens with zero attached hydrogens (tertiary/aromatic N) is 2. The number of aromatic nitrogens is 3. The molecule has 4 nitrogen and oxygen atoms in total. The molecule has 2 aromatic carbocycles. The Morgan fingerprint density at radius 1 is 1.08 bits per heavy atom. The Labute approximate surface area is 143 Å². The van der Waals surface area contributed by atoms with Gasteiger partial charge in [-0.15, -0.1) is 0 Å². The maximum atomic E-state index is 13.0. The van der Waals surface area contributed by atoms with Crippen LogP contribution in [0.1, 0.15) is 5.56 Å². The molecule has 0 amide bonds. The summed E-state index contributed by atoms with van der Waals surface area (Å²) >= 11 is 5.81. The van der Waals surface area contributed by atoms with Gasteiger partial charge in [0.1, 0.15) is 0 Å². The van der Waals surface area contributed by atoms with E-state index in [0.29, 0.717) is 16.6 Å². The number of para-hydroxylation sites is 1. The molecule has 1 N–H and O–H groups in total. The fraction of sp³-hybridized carbons (Fsp3) is 0.0588. The molecule has 0 saturated heterocycles. The summed E-state index contributed by atoms with van der Waals surface area (Å²) in [5.41, 5.74) is -0.208. The number of hydrogen-bond donors (Lipinski definition) is 1. The summed E-state index contributed by atoms with van der Waals surface area (Å²) in [4.78, 5) is 16.6. The van der Waals surface area contributed by atoms with E-state index in [9.17, 15) is 18.0 Å². The number of fused-ring (bicyclic) bond motifs is 3. The van der Waals surface area contributed by atoms with Crippen LogP contribution in [0.15, 0.2) is 53.5 Å². The minimum Gasteiger partial charge on any atom is -0.290 e. The van der Waals surface area contributed by atoms with Crippen molar-refractivity contribution in [2.45, 2.75) is 6.18 Å². The third-order valence-electron chi connectivity index (χ3n) is 3.93. The summed E-state index contributed by atoms with van der Waals surface area (Å²) in [5, 5.41) is 3.11. The highest BCUT2D eigenvalue weighted by Crippen LogP contribution is 2.37. The van der Waals surface area contributed by atoms with E-state index in [0.717, 1.165) is 6.07 Å². The van der Waals surface area contributed by atoms with Crippen LogP contribution >= 0.6 is 11.6 Å². The molecule has 0 spiro atoms. The lowest BCUT2D eigenvalue weighted by molar-refractivity contribution is -0.137. The van der Waals surface area contributed by atoms with E-state index in [4.69, 9.17) is 11.6 Å². The number of halogens is 4. The maximum Gasteiger partial charge on any atom is 0.417 e. The highest BCUT2D eigenvalue weighted by Gasteiger charge is 2.33. The van der Waals surface area contributed by atoms with Crippen LogP contribution in [0.25, 0.3) is 27.5 Å². The van der Waals surface area contributed by atoms with Crippen LogP contribution in [0, 0.1) is 0 Å². The lowest BCUT2D eigenvalue weighted by Gasteiger charge is -2.10. The normalized spacial score (nSPS) is 12.2. The fourth-order valence-electron chi connectivity index (χ4n) is 2.75. The van der Waals surface area contributed by atoms with Gasteiger partial charge in [-0.2, -0.15) is 13.2 Å². The average Bonchev–Trinajstić information content (AvgIpc) is 2.91. The molecule has 8 heteroatoms. The first-order valence-corrected chi connectivity index (χ1v) is 7.59. The molecule has 2 heterocycles. The van der Waals surface area contributed by atoms with Crippen molar-refractivity contribution in [3.63, 3.8) is 0 Å². The minimum absolute atomic E-state index is 0.102. The molecule has 126 valence electrons. The topological polar surface area (TPSA) is 50.7 Å². The molecule has 4 aromatic rings. The zero-order valence-corrected chi connectivity index (χ0v) is 13.2. The molecule has 0 aliphatic rings. The Balaban J connectivity index is 2.05. The number of benzene rings is 2. The Hall–Kier alpha value is -2.80. The van der Waals surface area contributed by atoms with Crippen LogP contribution in [0.5, 0.6) is 0 Å². The van der Waals surface area contributed by atoms with Crippen LogP contribution in [0.4, 0.5) is 13.2 Å². The van der Waals surface area contributed by atoms with Crippen molar-refractivity contribution >= 4 is 33.4 Å². The molecule has 25 heavy (non-hydrogen) atoms. The zero-order chi connectivity index (χ0) is 17.8. The molecule has 0 aliphatic heterocycles. The van der Waals surface area contributed by atoms with Gasteiger partial charge in [-0.1, -0.05) is 29.8 Å².